The summed E-state index contributed by atoms with van der Waals surface area (Å²) in [6.07, 6.45) is 1.56. The number of amides is 1. The van der Waals surface area contributed by atoms with Gasteiger partial charge in [-0.1, -0.05) is 61.8 Å². The molecule has 2 heterocycles. The van der Waals surface area contributed by atoms with Crippen LogP contribution in [0.4, 0.5) is 0 Å². The minimum absolute atomic E-state index is 0.0322. The fourth-order valence-electron chi connectivity index (χ4n) is 3.83. The number of carbonyl (C=O) groups is 1. The number of nitrogens with two attached hydrogens (primary N) is 1. The van der Waals surface area contributed by atoms with Crippen LogP contribution >= 0.6 is 11.6 Å². The van der Waals surface area contributed by atoms with Crippen LogP contribution in [0.2, 0.25) is 5.02 Å². The Balaban J connectivity index is 0.00000132. The van der Waals surface area contributed by atoms with E-state index in [0.29, 0.717) is 23.8 Å². The molecule has 0 radical (unpaired) electrons. The van der Waals surface area contributed by atoms with Crippen molar-refractivity contribution in [3.8, 4) is 0 Å². The number of benzene rings is 2. The number of halogens is 1. The van der Waals surface area contributed by atoms with Crippen LogP contribution in [-0.2, 0) is 16.1 Å². The molecule has 4 rings (SSSR count). The molecule has 166 valence electrons. The molecule has 0 aromatic heterocycles. The monoisotopic (exact) mass is 442 g/mol. The van der Waals surface area contributed by atoms with E-state index in [1.54, 1.807) is 7.11 Å². The Hall–Kier alpha value is -2.38. The van der Waals surface area contributed by atoms with Crippen molar-refractivity contribution in [3.05, 3.63) is 82.0 Å². The van der Waals surface area contributed by atoms with E-state index in [9.17, 15) is 4.79 Å². The van der Waals surface area contributed by atoms with Crippen LogP contribution < -0.4 is 11.2 Å². The highest BCUT2D eigenvalue weighted by molar-refractivity contribution is 6.30. The summed E-state index contributed by atoms with van der Waals surface area (Å²) in [4.78, 5) is 15.0. The van der Waals surface area contributed by atoms with Gasteiger partial charge < -0.3 is 15.4 Å². The minimum Gasteiger partial charge on any atom is -0.363 e. The maximum absolute atomic E-state index is 13.1. The van der Waals surface area contributed by atoms with Gasteiger partial charge in [-0.2, -0.15) is 0 Å². The first kappa shape index (κ1) is 23.3. The third-order valence-corrected chi connectivity index (χ3v) is 5.71. The molecule has 2 aromatic rings. The summed E-state index contributed by atoms with van der Waals surface area (Å²) in [7, 11) is 1.58. The quantitative estimate of drug-likeness (QED) is 0.681. The second-order valence-corrected chi connectivity index (χ2v) is 7.95. The highest BCUT2D eigenvalue weighted by Crippen LogP contribution is 2.31. The Labute approximate surface area is 189 Å². The first-order valence-corrected chi connectivity index (χ1v) is 11.0. The first-order chi connectivity index (χ1) is 15.0. The first-order valence-electron chi connectivity index (χ1n) is 10.7. The molecule has 1 fully saturated rings. The van der Waals surface area contributed by atoms with Gasteiger partial charge in [0, 0.05) is 25.2 Å². The molecule has 3 atom stereocenters. The Kier molecular flexibility index (Phi) is 7.73. The Morgan fingerprint density at radius 1 is 1.16 bits per heavy atom. The van der Waals surface area contributed by atoms with Gasteiger partial charge in [0.25, 0.3) is 5.91 Å². The van der Waals surface area contributed by atoms with Crippen LogP contribution in [0.3, 0.4) is 0 Å². The summed E-state index contributed by atoms with van der Waals surface area (Å²) >= 11 is 6.00. The molecule has 0 spiro atoms. The van der Waals surface area contributed by atoms with Gasteiger partial charge >= 0.3 is 0 Å². The lowest BCUT2D eigenvalue weighted by Gasteiger charge is -2.40. The number of rotatable bonds is 5. The van der Waals surface area contributed by atoms with Crippen molar-refractivity contribution in [3.63, 3.8) is 0 Å². The van der Waals surface area contributed by atoms with Crippen molar-refractivity contribution < 1.29 is 9.53 Å². The van der Waals surface area contributed by atoms with E-state index in [4.69, 9.17) is 22.1 Å². The van der Waals surface area contributed by atoms with Crippen LogP contribution in [0.5, 0.6) is 0 Å². The molecule has 0 saturated carbocycles. The summed E-state index contributed by atoms with van der Waals surface area (Å²) in [6, 6.07) is 15.7. The third-order valence-electron chi connectivity index (χ3n) is 5.46. The standard InChI is InChI=1S/C22H25ClN4O2.C2H6/c1-14-12-26(13-15-3-5-17(6-4-15)21(24)29-2)22(28)20-11-19(25-27(14)20)16-7-9-18(23)10-8-16;1-2/h3-11,14,19,21,25H,12-13,24H2,1-2H3;1-2H3. The smallest absolute Gasteiger partial charge is 0.271 e. The summed E-state index contributed by atoms with van der Waals surface area (Å²) in [5, 5.41) is 2.68. The van der Waals surface area contributed by atoms with Gasteiger partial charge in [0.15, 0.2) is 0 Å². The molecule has 7 heteroatoms. The maximum Gasteiger partial charge on any atom is 0.271 e. The number of carbonyl (C=O) groups excluding carboxylic acids is 1. The number of ether oxygens (including phenoxy) is 1. The predicted octanol–water partition coefficient (Wildman–Crippen LogP) is 4.15. The van der Waals surface area contributed by atoms with Gasteiger partial charge in [-0.25, -0.2) is 5.43 Å². The van der Waals surface area contributed by atoms with E-state index in [1.165, 1.54) is 0 Å². The molecule has 6 nitrogen and oxygen atoms in total. The van der Waals surface area contributed by atoms with Crippen LogP contribution in [0.25, 0.3) is 0 Å². The molecular formula is C24H31ClN4O2. The lowest BCUT2D eigenvalue weighted by molar-refractivity contribution is -0.134. The number of hydrogen-bond donors (Lipinski definition) is 2. The average molecular weight is 443 g/mol. The van der Waals surface area contributed by atoms with Crippen LogP contribution in [-0.4, -0.2) is 35.5 Å². The summed E-state index contributed by atoms with van der Waals surface area (Å²) in [5.41, 5.74) is 13.1. The van der Waals surface area contributed by atoms with Gasteiger partial charge in [-0.15, -0.1) is 0 Å². The number of hydrogen-bond acceptors (Lipinski definition) is 5. The van der Waals surface area contributed by atoms with Crippen LogP contribution in [0.1, 0.15) is 49.7 Å². The Morgan fingerprint density at radius 2 is 1.81 bits per heavy atom. The molecule has 2 aromatic carbocycles. The van der Waals surface area contributed by atoms with Crippen LogP contribution in [0.15, 0.2) is 60.3 Å². The normalized spacial score (nSPS) is 21.2. The van der Waals surface area contributed by atoms with Crippen molar-refractivity contribution in [1.29, 1.82) is 0 Å². The van der Waals surface area contributed by atoms with Gasteiger partial charge in [-0.3, -0.25) is 9.80 Å². The molecule has 3 N–H and O–H groups in total. The topological polar surface area (TPSA) is 70.8 Å². The van der Waals surface area contributed by atoms with Gasteiger partial charge in [-0.05, 0) is 41.8 Å². The average Bonchev–Trinajstić information content (AvgIpc) is 3.25. The van der Waals surface area contributed by atoms with Gasteiger partial charge in [0.1, 0.15) is 11.9 Å². The maximum atomic E-state index is 13.1. The number of fused-ring (bicyclic) bond motifs is 1. The zero-order chi connectivity index (χ0) is 22.5. The minimum atomic E-state index is -0.436. The summed E-state index contributed by atoms with van der Waals surface area (Å²) in [6.45, 7) is 7.32. The number of methoxy groups -OCH3 is 1. The molecule has 3 unspecified atom stereocenters. The molecule has 1 saturated heterocycles. The van der Waals surface area contributed by atoms with E-state index in [1.807, 2.05) is 78.4 Å². The number of hydrazine groups is 1. The molecule has 2 aliphatic rings. The molecule has 0 bridgehead atoms. The third kappa shape index (κ3) is 5.10. The molecule has 0 aliphatic carbocycles. The molecule has 31 heavy (non-hydrogen) atoms. The Morgan fingerprint density at radius 3 is 2.42 bits per heavy atom. The highest BCUT2D eigenvalue weighted by atomic mass is 35.5. The predicted molar refractivity (Wildman–Crippen MR) is 124 cm³/mol. The van der Waals surface area contributed by atoms with E-state index < -0.39 is 6.23 Å². The SMILES string of the molecule is CC.COC(N)c1ccc(CN2CC(C)N3NC(c4ccc(Cl)cc4)C=C3C2=O)cc1. The summed E-state index contributed by atoms with van der Waals surface area (Å²) in [5.74, 6) is 0.0322. The molecular weight excluding hydrogens is 412 g/mol. The number of piperazine rings is 1. The number of nitrogens with zero attached hydrogens (tertiary/aromatic N) is 2. The highest BCUT2D eigenvalue weighted by Gasteiger charge is 2.39. The second kappa shape index (κ2) is 10.3. The van der Waals surface area contributed by atoms with Crippen LogP contribution in [0, 0.1) is 0 Å². The van der Waals surface area contributed by atoms with E-state index in [-0.39, 0.29) is 18.0 Å². The largest absolute Gasteiger partial charge is 0.363 e. The van der Waals surface area contributed by atoms with Gasteiger partial charge in [0.05, 0.1) is 12.1 Å². The van der Waals surface area contributed by atoms with Gasteiger partial charge in [0.2, 0.25) is 0 Å². The second-order valence-electron chi connectivity index (χ2n) is 7.51. The number of nitrogens with one attached hydrogen (secondary N) is 1. The van der Waals surface area contributed by atoms with E-state index in [2.05, 4.69) is 12.3 Å². The lowest BCUT2D eigenvalue weighted by Crippen LogP contribution is -2.55. The lowest BCUT2D eigenvalue weighted by atomic mass is 10.1. The summed E-state index contributed by atoms with van der Waals surface area (Å²) < 4.78 is 5.14. The van der Waals surface area contributed by atoms with Crippen molar-refractivity contribution >= 4 is 17.5 Å². The van der Waals surface area contributed by atoms with E-state index in [0.717, 1.165) is 16.7 Å². The Bertz CT molecular complexity index is 914. The fourth-order valence-corrected chi connectivity index (χ4v) is 3.95. The van der Waals surface area contributed by atoms with Crippen molar-refractivity contribution in [2.45, 2.75) is 45.6 Å². The van der Waals surface area contributed by atoms with Crippen molar-refractivity contribution in [1.82, 2.24) is 15.3 Å². The zero-order valence-corrected chi connectivity index (χ0v) is 19.3. The zero-order valence-electron chi connectivity index (χ0n) is 18.5. The fraction of sp³-hybridized carbons (Fsp3) is 0.375. The van der Waals surface area contributed by atoms with Crippen molar-refractivity contribution in [2.24, 2.45) is 5.73 Å². The molecule has 1 amide bonds. The van der Waals surface area contributed by atoms with E-state index >= 15 is 0 Å². The van der Waals surface area contributed by atoms with Crippen molar-refractivity contribution in [2.75, 3.05) is 13.7 Å². The molecule has 2 aliphatic heterocycles.